The zero-order valence-electron chi connectivity index (χ0n) is 10.6. The van der Waals surface area contributed by atoms with Gasteiger partial charge in [-0.3, -0.25) is 0 Å². The lowest BCUT2D eigenvalue weighted by Gasteiger charge is -2.22. The van der Waals surface area contributed by atoms with E-state index in [1.165, 1.54) is 12.8 Å². The standard InChI is InChI=1S/C12H20N4O/c1-9-10(2)15-16-12(14-9)17-7-5-11-4-3-6-13-8-11/h11,13H,3-8H2,1-2H3. The van der Waals surface area contributed by atoms with E-state index in [1.54, 1.807) is 0 Å². The minimum atomic E-state index is 0.400. The van der Waals surface area contributed by atoms with Crippen LogP contribution in [-0.2, 0) is 0 Å². The number of aromatic nitrogens is 3. The summed E-state index contributed by atoms with van der Waals surface area (Å²) < 4.78 is 5.53. The second-order valence-corrected chi connectivity index (χ2v) is 4.61. The summed E-state index contributed by atoms with van der Waals surface area (Å²) in [5, 5.41) is 11.3. The molecular formula is C12H20N4O. The Kier molecular flexibility index (Phi) is 4.25. The Morgan fingerprint density at radius 3 is 2.88 bits per heavy atom. The van der Waals surface area contributed by atoms with Gasteiger partial charge in [-0.2, -0.15) is 4.98 Å². The van der Waals surface area contributed by atoms with Crippen molar-refractivity contribution in [2.75, 3.05) is 19.7 Å². The molecule has 1 aromatic heterocycles. The van der Waals surface area contributed by atoms with Crippen LogP contribution in [0.15, 0.2) is 0 Å². The highest BCUT2D eigenvalue weighted by Crippen LogP contribution is 2.14. The fourth-order valence-electron chi connectivity index (χ4n) is 1.99. The summed E-state index contributed by atoms with van der Waals surface area (Å²) in [6, 6.07) is 0.400. The van der Waals surface area contributed by atoms with Gasteiger partial charge in [-0.1, -0.05) is 5.10 Å². The van der Waals surface area contributed by atoms with Crippen molar-refractivity contribution in [3.63, 3.8) is 0 Å². The van der Waals surface area contributed by atoms with Gasteiger partial charge < -0.3 is 10.1 Å². The van der Waals surface area contributed by atoms with Gasteiger partial charge in [0.1, 0.15) is 0 Å². The average Bonchev–Trinajstić information content (AvgIpc) is 2.35. The van der Waals surface area contributed by atoms with E-state index in [9.17, 15) is 0 Å². The number of hydrogen-bond acceptors (Lipinski definition) is 5. The molecular weight excluding hydrogens is 216 g/mol. The van der Waals surface area contributed by atoms with Crippen LogP contribution in [0, 0.1) is 19.8 Å². The van der Waals surface area contributed by atoms with Gasteiger partial charge in [-0.05, 0) is 52.1 Å². The van der Waals surface area contributed by atoms with Crippen LogP contribution in [0.5, 0.6) is 6.01 Å². The number of hydrogen-bond donors (Lipinski definition) is 1. The first kappa shape index (κ1) is 12.2. The lowest BCUT2D eigenvalue weighted by atomic mass is 9.97. The van der Waals surface area contributed by atoms with E-state index in [1.807, 2.05) is 13.8 Å². The van der Waals surface area contributed by atoms with Crippen LogP contribution in [-0.4, -0.2) is 34.9 Å². The monoisotopic (exact) mass is 236 g/mol. The highest BCUT2D eigenvalue weighted by molar-refractivity contribution is 5.07. The minimum absolute atomic E-state index is 0.400. The maximum Gasteiger partial charge on any atom is 0.335 e. The van der Waals surface area contributed by atoms with Crippen molar-refractivity contribution in [2.45, 2.75) is 33.1 Å². The summed E-state index contributed by atoms with van der Waals surface area (Å²) in [6.07, 6.45) is 3.62. The van der Waals surface area contributed by atoms with E-state index < -0.39 is 0 Å². The Balaban J connectivity index is 1.75. The van der Waals surface area contributed by atoms with Gasteiger partial charge in [0.05, 0.1) is 18.0 Å². The third kappa shape index (κ3) is 3.63. The van der Waals surface area contributed by atoms with Gasteiger partial charge >= 0.3 is 6.01 Å². The van der Waals surface area contributed by atoms with Crippen molar-refractivity contribution in [3.05, 3.63) is 11.4 Å². The summed E-state index contributed by atoms with van der Waals surface area (Å²) in [7, 11) is 0. The molecule has 1 aromatic rings. The van der Waals surface area contributed by atoms with Crippen LogP contribution < -0.4 is 10.1 Å². The maximum absolute atomic E-state index is 5.53. The molecule has 0 bridgehead atoms. The lowest BCUT2D eigenvalue weighted by molar-refractivity contribution is 0.237. The van der Waals surface area contributed by atoms with Crippen molar-refractivity contribution >= 4 is 0 Å². The van der Waals surface area contributed by atoms with Crippen molar-refractivity contribution in [2.24, 2.45) is 5.92 Å². The van der Waals surface area contributed by atoms with Gasteiger partial charge in [-0.25, -0.2) is 0 Å². The highest BCUT2D eigenvalue weighted by atomic mass is 16.5. The molecule has 1 unspecified atom stereocenters. The molecule has 94 valence electrons. The minimum Gasteiger partial charge on any atom is -0.462 e. The molecule has 5 nitrogen and oxygen atoms in total. The predicted molar refractivity (Wildman–Crippen MR) is 65.0 cm³/mol. The molecule has 1 atom stereocenters. The smallest absolute Gasteiger partial charge is 0.335 e. The fourth-order valence-corrected chi connectivity index (χ4v) is 1.99. The molecule has 0 spiro atoms. The molecule has 1 saturated heterocycles. The maximum atomic E-state index is 5.53. The molecule has 1 fully saturated rings. The van der Waals surface area contributed by atoms with Gasteiger partial charge in [0, 0.05) is 0 Å². The summed E-state index contributed by atoms with van der Waals surface area (Å²) in [6.45, 7) is 6.75. The van der Waals surface area contributed by atoms with Crippen molar-refractivity contribution in [1.82, 2.24) is 20.5 Å². The predicted octanol–water partition coefficient (Wildman–Crippen LogP) is 1.26. The third-order valence-electron chi connectivity index (χ3n) is 3.23. The Hall–Kier alpha value is -1.23. The van der Waals surface area contributed by atoms with E-state index >= 15 is 0 Å². The highest BCUT2D eigenvalue weighted by Gasteiger charge is 2.13. The number of rotatable bonds is 4. The van der Waals surface area contributed by atoms with Crippen LogP contribution >= 0.6 is 0 Å². The summed E-state index contributed by atoms with van der Waals surface area (Å²) >= 11 is 0. The first-order valence-electron chi connectivity index (χ1n) is 6.27. The molecule has 2 rings (SSSR count). The number of ether oxygens (including phenoxy) is 1. The summed E-state index contributed by atoms with van der Waals surface area (Å²) in [5.74, 6) is 0.725. The molecule has 0 aliphatic carbocycles. The number of nitrogens with one attached hydrogen (secondary N) is 1. The van der Waals surface area contributed by atoms with Crippen molar-refractivity contribution in [3.8, 4) is 6.01 Å². The Morgan fingerprint density at radius 2 is 2.18 bits per heavy atom. The van der Waals surface area contributed by atoms with Gasteiger partial charge in [-0.15, -0.1) is 5.10 Å². The van der Waals surface area contributed by atoms with E-state index in [2.05, 4.69) is 20.5 Å². The van der Waals surface area contributed by atoms with Crippen LogP contribution in [0.4, 0.5) is 0 Å². The molecule has 17 heavy (non-hydrogen) atoms. The third-order valence-corrected chi connectivity index (χ3v) is 3.23. The molecule has 0 aromatic carbocycles. The first-order chi connectivity index (χ1) is 8.25. The molecule has 1 aliphatic heterocycles. The largest absolute Gasteiger partial charge is 0.462 e. The van der Waals surface area contributed by atoms with E-state index in [0.29, 0.717) is 12.6 Å². The number of aryl methyl sites for hydroxylation is 2. The number of piperidine rings is 1. The second-order valence-electron chi connectivity index (χ2n) is 4.61. The lowest BCUT2D eigenvalue weighted by Crippen LogP contribution is -2.30. The van der Waals surface area contributed by atoms with Crippen LogP contribution in [0.3, 0.4) is 0 Å². The zero-order chi connectivity index (χ0) is 12.1. The van der Waals surface area contributed by atoms with Gasteiger partial charge in [0.15, 0.2) is 0 Å². The molecule has 0 amide bonds. The Morgan fingerprint density at radius 1 is 1.29 bits per heavy atom. The zero-order valence-corrected chi connectivity index (χ0v) is 10.6. The quantitative estimate of drug-likeness (QED) is 0.852. The van der Waals surface area contributed by atoms with Gasteiger partial charge in [0.2, 0.25) is 0 Å². The van der Waals surface area contributed by atoms with Gasteiger partial charge in [0.25, 0.3) is 0 Å². The summed E-state index contributed by atoms with van der Waals surface area (Å²) in [4.78, 5) is 4.24. The molecule has 0 radical (unpaired) electrons. The summed E-state index contributed by atoms with van der Waals surface area (Å²) in [5.41, 5.74) is 1.74. The van der Waals surface area contributed by atoms with Crippen molar-refractivity contribution < 1.29 is 4.74 Å². The molecule has 1 aliphatic rings. The van der Waals surface area contributed by atoms with Crippen LogP contribution in [0.1, 0.15) is 30.7 Å². The van der Waals surface area contributed by atoms with Crippen LogP contribution in [0.2, 0.25) is 0 Å². The topological polar surface area (TPSA) is 59.9 Å². The van der Waals surface area contributed by atoms with Crippen LogP contribution in [0.25, 0.3) is 0 Å². The molecule has 1 N–H and O–H groups in total. The fraction of sp³-hybridized carbons (Fsp3) is 0.750. The Labute approximate surface area is 102 Å². The Bertz CT molecular complexity index is 364. The first-order valence-corrected chi connectivity index (χ1v) is 6.27. The van der Waals surface area contributed by atoms with E-state index in [-0.39, 0.29) is 0 Å². The SMILES string of the molecule is Cc1nnc(OCCC2CCCNC2)nc1C. The van der Waals surface area contributed by atoms with E-state index in [4.69, 9.17) is 4.74 Å². The molecule has 2 heterocycles. The van der Waals surface area contributed by atoms with Crippen molar-refractivity contribution in [1.29, 1.82) is 0 Å². The average molecular weight is 236 g/mol. The number of nitrogens with zero attached hydrogens (tertiary/aromatic N) is 3. The van der Waals surface area contributed by atoms with E-state index in [0.717, 1.165) is 36.8 Å². The second kappa shape index (κ2) is 5.91. The normalized spacial score (nSPS) is 20.2. The molecule has 0 saturated carbocycles. The molecule has 5 heteroatoms.